The van der Waals surface area contributed by atoms with Gasteiger partial charge in [-0.15, -0.1) is 0 Å². The summed E-state index contributed by atoms with van der Waals surface area (Å²) >= 11 is 0. The SMILES string of the molecule is O=C(O)C1CCN(C(=O)Cn2c(C(F)(F)F)nc3ccccc32)C1. The van der Waals surface area contributed by atoms with Gasteiger partial charge in [-0.25, -0.2) is 4.98 Å². The molecule has 6 nitrogen and oxygen atoms in total. The molecule has 0 spiro atoms. The lowest BCUT2D eigenvalue weighted by Gasteiger charge is -2.18. The first-order chi connectivity index (χ1) is 11.3. The molecule has 1 saturated heterocycles. The van der Waals surface area contributed by atoms with Crippen LogP contribution < -0.4 is 0 Å². The van der Waals surface area contributed by atoms with Crippen LogP contribution in [0.3, 0.4) is 0 Å². The van der Waals surface area contributed by atoms with Crippen molar-refractivity contribution in [3.05, 3.63) is 30.1 Å². The zero-order chi connectivity index (χ0) is 17.5. The first kappa shape index (κ1) is 16.3. The maximum Gasteiger partial charge on any atom is 0.449 e. The van der Waals surface area contributed by atoms with E-state index >= 15 is 0 Å². The molecular weight excluding hydrogens is 327 g/mol. The lowest BCUT2D eigenvalue weighted by atomic mass is 10.1. The number of fused-ring (bicyclic) bond motifs is 1. The molecule has 1 amide bonds. The Morgan fingerprint density at radius 2 is 2.00 bits per heavy atom. The Bertz CT molecular complexity index is 800. The molecule has 0 aliphatic carbocycles. The Labute approximate surface area is 134 Å². The third-order valence-electron chi connectivity index (χ3n) is 4.09. The summed E-state index contributed by atoms with van der Waals surface area (Å²) in [6, 6.07) is 6.05. The topological polar surface area (TPSA) is 75.4 Å². The van der Waals surface area contributed by atoms with Crippen molar-refractivity contribution >= 4 is 22.9 Å². The first-order valence-electron chi connectivity index (χ1n) is 7.30. The van der Waals surface area contributed by atoms with Crippen molar-refractivity contribution in [2.45, 2.75) is 19.1 Å². The zero-order valence-corrected chi connectivity index (χ0v) is 12.5. The van der Waals surface area contributed by atoms with E-state index in [2.05, 4.69) is 4.98 Å². The number of halogens is 3. The van der Waals surface area contributed by atoms with Crippen LogP contribution in [0.4, 0.5) is 13.2 Å². The monoisotopic (exact) mass is 341 g/mol. The van der Waals surface area contributed by atoms with E-state index < -0.39 is 36.3 Å². The van der Waals surface area contributed by atoms with Gasteiger partial charge in [-0.1, -0.05) is 12.1 Å². The van der Waals surface area contributed by atoms with Crippen molar-refractivity contribution in [3.63, 3.8) is 0 Å². The summed E-state index contributed by atoms with van der Waals surface area (Å²) in [4.78, 5) is 28.1. The molecule has 1 unspecified atom stereocenters. The van der Waals surface area contributed by atoms with Crippen molar-refractivity contribution < 1.29 is 27.9 Å². The number of hydrogen-bond acceptors (Lipinski definition) is 3. The number of carbonyl (C=O) groups excluding carboxylic acids is 1. The summed E-state index contributed by atoms with van der Waals surface area (Å²) in [5, 5.41) is 8.96. The first-order valence-corrected chi connectivity index (χ1v) is 7.30. The molecule has 1 aromatic heterocycles. The number of rotatable bonds is 3. The van der Waals surface area contributed by atoms with Gasteiger partial charge in [-0.05, 0) is 18.6 Å². The summed E-state index contributed by atoms with van der Waals surface area (Å²) in [6.07, 6.45) is -4.38. The van der Waals surface area contributed by atoms with E-state index in [-0.39, 0.29) is 24.1 Å². The van der Waals surface area contributed by atoms with Gasteiger partial charge in [0.2, 0.25) is 11.7 Å². The number of carbonyl (C=O) groups is 2. The maximum absolute atomic E-state index is 13.2. The van der Waals surface area contributed by atoms with Gasteiger partial charge in [0, 0.05) is 13.1 Å². The van der Waals surface area contributed by atoms with Gasteiger partial charge in [-0.3, -0.25) is 9.59 Å². The Morgan fingerprint density at radius 1 is 1.29 bits per heavy atom. The molecule has 1 aliphatic heterocycles. The number of hydrogen-bond donors (Lipinski definition) is 1. The van der Waals surface area contributed by atoms with Crippen LogP contribution in [0, 0.1) is 5.92 Å². The van der Waals surface area contributed by atoms with Gasteiger partial charge in [0.1, 0.15) is 6.54 Å². The van der Waals surface area contributed by atoms with Crippen LogP contribution in [0.1, 0.15) is 12.2 Å². The largest absolute Gasteiger partial charge is 0.481 e. The number of para-hydroxylation sites is 2. The minimum atomic E-state index is -4.69. The van der Waals surface area contributed by atoms with E-state index in [1.54, 1.807) is 12.1 Å². The van der Waals surface area contributed by atoms with Crippen LogP contribution >= 0.6 is 0 Å². The van der Waals surface area contributed by atoms with Gasteiger partial charge in [0.15, 0.2) is 0 Å². The predicted octanol–water partition coefficient (Wildman–Crippen LogP) is 1.99. The Kier molecular flexibility index (Phi) is 3.94. The molecule has 1 fully saturated rings. The van der Waals surface area contributed by atoms with Gasteiger partial charge in [-0.2, -0.15) is 13.2 Å². The number of aliphatic carboxylic acids is 1. The second kappa shape index (κ2) is 5.81. The minimum absolute atomic E-state index is 0.0160. The highest BCUT2D eigenvalue weighted by Gasteiger charge is 2.39. The minimum Gasteiger partial charge on any atom is -0.481 e. The third kappa shape index (κ3) is 2.93. The van der Waals surface area contributed by atoms with Crippen molar-refractivity contribution in [1.82, 2.24) is 14.5 Å². The molecule has 0 bridgehead atoms. The fraction of sp³-hybridized carbons (Fsp3) is 0.400. The standard InChI is InChI=1S/C15H14F3N3O3/c16-15(17,18)14-19-10-3-1-2-4-11(10)21(14)8-12(22)20-6-5-9(7-20)13(23)24/h1-4,9H,5-8H2,(H,23,24). The zero-order valence-electron chi connectivity index (χ0n) is 12.5. The summed E-state index contributed by atoms with van der Waals surface area (Å²) < 4.78 is 40.4. The second-order valence-electron chi connectivity index (χ2n) is 5.67. The van der Waals surface area contributed by atoms with E-state index in [4.69, 9.17) is 5.11 Å². The van der Waals surface area contributed by atoms with E-state index in [9.17, 15) is 22.8 Å². The molecule has 0 saturated carbocycles. The highest BCUT2D eigenvalue weighted by Crippen LogP contribution is 2.31. The number of carboxylic acids is 1. The van der Waals surface area contributed by atoms with Gasteiger partial charge in [0.25, 0.3) is 0 Å². The molecule has 1 atom stereocenters. The molecular formula is C15H14F3N3O3. The average Bonchev–Trinajstić information content (AvgIpc) is 3.12. The molecule has 2 aromatic rings. The number of carboxylic acid groups (broad SMARTS) is 1. The van der Waals surface area contributed by atoms with Crippen LogP contribution in [0.2, 0.25) is 0 Å². The molecule has 9 heteroatoms. The average molecular weight is 341 g/mol. The van der Waals surface area contributed by atoms with Crippen molar-refractivity contribution in [2.75, 3.05) is 13.1 Å². The van der Waals surface area contributed by atoms with Crippen LogP contribution in [0.25, 0.3) is 11.0 Å². The number of alkyl halides is 3. The van der Waals surface area contributed by atoms with E-state index in [0.717, 1.165) is 4.57 Å². The lowest BCUT2D eigenvalue weighted by Crippen LogP contribution is -2.33. The van der Waals surface area contributed by atoms with E-state index in [1.807, 2.05) is 0 Å². The van der Waals surface area contributed by atoms with Crippen LogP contribution in [-0.4, -0.2) is 44.5 Å². The maximum atomic E-state index is 13.2. The summed E-state index contributed by atoms with van der Waals surface area (Å²) in [5.41, 5.74) is 0.370. The van der Waals surface area contributed by atoms with Crippen LogP contribution in [0.15, 0.2) is 24.3 Å². The number of likely N-dealkylation sites (tertiary alicyclic amines) is 1. The quantitative estimate of drug-likeness (QED) is 0.926. The van der Waals surface area contributed by atoms with E-state index in [0.29, 0.717) is 6.42 Å². The van der Waals surface area contributed by atoms with E-state index in [1.165, 1.54) is 17.0 Å². The van der Waals surface area contributed by atoms with Crippen molar-refractivity contribution in [1.29, 1.82) is 0 Å². The molecule has 2 heterocycles. The summed E-state index contributed by atoms with van der Waals surface area (Å²) in [6.45, 7) is -0.284. The van der Waals surface area contributed by atoms with Gasteiger partial charge in [0.05, 0.1) is 17.0 Å². The molecule has 24 heavy (non-hydrogen) atoms. The lowest BCUT2D eigenvalue weighted by molar-refractivity contribution is -0.148. The number of amides is 1. The number of imidazole rings is 1. The fourth-order valence-electron chi connectivity index (χ4n) is 2.88. The smallest absolute Gasteiger partial charge is 0.449 e. The Morgan fingerprint density at radius 3 is 2.62 bits per heavy atom. The predicted molar refractivity (Wildman–Crippen MR) is 77.1 cm³/mol. The molecule has 1 aromatic carbocycles. The fourth-order valence-corrected chi connectivity index (χ4v) is 2.88. The number of nitrogens with zero attached hydrogens (tertiary/aromatic N) is 3. The molecule has 128 valence electrons. The normalized spacial score (nSPS) is 18.3. The van der Waals surface area contributed by atoms with Crippen LogP contribution in [-0.2, 0) is 22.3 Å². The highest BCUT2D eigenvalue weighted by molar-refractivity contribution is 5.82. The Hall–Kier alpha value is -2.58. The third-order valence-corrected chi connectivity index (χ3v) is 4.09. The number of aromatic nitrogens is 2. The molecule has 3 rings (SSSR count). The molecule has 0 radical (unpaired) electrons. The molecule has 1 N–H and O–H groups in total. The van der Waals surface area contributed by atoms with Crippen molar-refractivity contribution in [2.24, 2.45) is 5.92 Å². The van der Waals surface area contributed by atoms with Gasteiger partial charge < -0.3 is 14.6 Å². The highest BCUT2D eigenvalue weighted by atomic mass is 19.4. The molecule has 1 aliphatic rings. The van der Waals surface area contributed by atoms with Gasteiger partial charge >= 0.3 is 12.1 Å². The van der Waals surface area contributed by atoms with Crippen molar-refractivity contribution in [3.8, 4) is 0 Å². The summed E-state index contributed by atoms with van der Waals surface area (Å²) in [7, 11) is 0. The van der Waals surface area contributed by atoms with Crippen LogP contribution in [0.5, 0.6) is 0 Å². The summed E-state index contributed by atoms with van der Waals surface area (Å²) in [5.74, 6) is -3.36. The second-order valence-corrected chi connectivity index (χ2v) is 5.67. The number of benzene rings is 1. The Balaban J connectivity index is 1.89.